The van der Waals surface area contributed by atoms with Gasteiger partial charge in [0.1, 0.15) is 12.1 Å². The summed E-state index contributed by atoms with van der Waals surface area (Å²) in [6, 6.07) is 17.1. The van der Waals surface area contributed by atoms with Crippen molar-refractivity contribution >= 4 is 37.7 Å². The van der Waals surface area contributed by atoms with Crippen molar-refractivity contribution in [2.45, 2.75) is 53.0 Å². The molecule has 5 heteroatoms. The standard InChI is InChI=1S/C13H13BrN2.C13H14N2/c1-3-16-12-6-9(2)4-5-10(12)11(8-15)13(16)7-14;1-4-15-10(3)12(8-14)11-6-5-9(2)7-13(11)15/h4-6H,3,7H2,1-2H3;5-7H,4H2,1-3H3. The van der Waals surface area contributed by atoms with Crippen molar-refractivity contribution in [3.8, 4) is 12.1 Å². The first-order chi connectivity index (χ1) is 14.9. The van der Waals surface area contributed by atoms with Crippen molar-refractivity contribution in [3.63, 3.8) is 0 Å². The number of aryl methyl sites for hydroxylation is 4. The highest BCUT2D eigenvalue weighted by molar-refractivity contribution is 9.08. The number of benzene rings is 2. The molecule has 0 saturated heterocycles. The average molecular weight is 475 g/mol. The van der Waals surface area contributed by atoms with Gasteiger partial charge in [-0.15, -0.1) is 0 Å². The van der Waals surface area contributed by atoms with E-state index in [1.807, 2.05) is 19.1 Å². The molecule has 0 aliphatic heterocycles. The fourth-order valence-electron chi connectivity index (χ4n) is 4.27. The summed E-state index contributed by atoms with van der Waals surface area (Å²) in [4.78, 5) is 0. The molecule has 2 aromatic heterocycles. The van der Waals surface area contributed by atoms with Gasteiger partial charge in [0.2, 0.25) is 0 Å². The third kappa shape index (κ3) is 3.99. The molecule has 4 nitrogen and oxygen atoms in total. The normalized spacial score (nSPS) is 10.6. The lowest BCUT2D eigenvalue weighted by molar-refractivity contribution is 0.765. The summed E-state index contributed by atoms with van der Waals surface area (Å²) in [6.07, 6.45) is 0. The van der Waals surface area contributed by atoms with Crippen LogP contribution in [0.25, 0.3) is 21.8 Å². The predicted molar refractivity (Wildman–Crippen MR) is 131 cm³/mol. The predicted octanol–water partition coefficient (Wildman–Crippen LogP) is 6.89. The summed E-state index contributed by atoms with van der Waals surface area (Å²) in [5.41, 5.74) is 8.55. The van der Waals surface area contributed by atoms with Gasteiger partial charge in [0.05, 0.1) is 11.1 Å². The van der Waals surface area contributed by atoms with E-state index in [1.165, 1.54) is 16.6 Å². The first-order valence-electron chi connectivity index (χ1n) is 10.5. The van der Waals surface area contributed by atoms with Crippen LogP contribution in [0.5, 0.6) is 0 Å². The van der Waals surface area contributed by atoms with E-state index in [0.29, 0.717) is 0 Å². The maximum atomic E-state index is 9.24. The number of nitrogens with zero attached hydrogens (tertiary/aromatic N) is 4. The number of hydrogen-bond donors (Lipinski definition) is 0. The fourth-order valence-corrected chi connectivity index (χ4v) is 4.86. The molecular weight excluding hydrogens is 448 g/mol. The number of rotatable bonds is 3. The van der Waals surface area contributed by atoms with Gasteiger partial charge in [-0.3, -0.25) is 0 Å². The number of alkyl halides is 1. The Hall–Kier alpha value is -3.02. The number of nitriles is 2. The Bertz CT molecular complexity index is 1340. The van der Waals surface area contributed by atoms with Crippen LogP contribution in [0.15, 0.2) is 36.4 Å². The van der Waals surface area contributed by atoms with E-state index >= 15 is 0 Å². The van der Waals surface area contributed by atoms with E-state index in [1.54, 1.807) is 0 Å². The van der Waals surface area contributed by atoms with Crippen molar-refractivity contribution < 1.29 is 0 Å². The van der Waals surface area contributed by atoms with E-state index < -0.39 is 0 Å². The number of hydrogen-bond acceptors (Lipinski definition) is 2. The van der Waals surface area contributed by atoms with Crippen LogP contribution in [0.4, 0.5) is 0 Å². The fraction of sp³-hybridized carbons (Fsp3) is 0.308. The molecule has 0 fully saturated rings. The van der Waals surface area contributed by atoms with Gasteiger partial charge >= 0.3 is 0 Å². The van der Waals surface area contributed by atoms with E-state index in [4.69, 9.17) is 5.26 Å². The molecule has 2 aromatic carbocycles. The molecule has 4 rings (SSSR count). The topological polar surface area (TPSA) is 57.4 Å². The van der Waals surface area contributed by atoms with Gasteiger partial charge < -0.3 is 9.13 Å². The van der Waals surface area contributed by atoms with Crippen molar-refractivity contribution in [1.82, 2.24) is 9.13 Å². The molecule has 0 bridgehead atoms. The zero-order chi connectivity index (χ0) is 22.7. The second-order valence-corrected chi connectivity index (χ2v) is 8.23. The SMILES string of the molecule is CCn1c(C)c(C#N)c2ccc(C)cc21.CCn1c(CBr)c(C#N)c2ccc(C)cc21. The van der Waals surface area contributed by atoms with Gasteiger partial charge in [0.15, 0.2) is 0 Å². The zero-order valence-corrected chi connectivity index (χ0v) is 20.3. The Kier molecular flexibility index (Phi) is 6.88. The molecule has 0 spiro atoms. The van der Waals surface area contributed by atoms with Crippen LogP contribution in [0, 0.1) is 43.4 Å². The zero-order valence-electron chi connectivity index (χ0n) is 18.8. The number of aromatic nitrogens is 2. The van der Waals surface area contributed by atoms with Crippen LogP contribution in [0.2, 0.25) is 0 Å². The molecule has 0 amide bonds. The Labute approximate surface area is 192 Å². The van der Waals surface area contributed by atoms with E-state index in [0.717, 1.165) is 57.2 Å². The van der Waals surface area contributed by atoms with Gasteiger partial charge in [0.25, 0.3) is 0 Å². The monoisotopic (exact) mass is 474 g/mol. The largest absolute Gasteiger partial charge is 0.344 e. The van der Waals surface area contributed by atoms with E-state index in [9.17, 15) is 5.26 Å². The van der Waals surface area contributed by atoms with Crippen LogP contribution in [0.1, 0.15) is 47.5 Å². The quantitative estimate of drug-likeness (QED) is 0.303. The minimum Gasteiger partial charge on any atom is -0.344 e. The molecule has 0 unspecified atom stereocenters. The molecule has 0 atom stereocenters. The van der Waals surface area contributed by atoms with Gasteiger partial charge in [-0.2, -0.15) is 10.5 Å². The molecule has 2 heterocycles. The Balaban J connectivity index is 0.000000176. The lowest BCUT2D eigenvalue weighted by Crippen LogP contribution is -1.99. The maximum absolute atomic E-state index is 9.24. The molecule has 0 aliphatic rings. The van der Waals surface area contributed by atoms with Crippen LogP contribution >= 0.6 is 15.9 Å². The van der Waals surface area contributed by atoms with Crippen LogP contribution in [0.3, 0.4) is 0 Å². The third-order valence-corrected chi connectivity index (χ3v) is 6.32. The van der Waals surface area contributed by atoms with Gasteiger partial charge in [-0.25, -0.2) is 0 Å². The summed E-state index contributed by atoms with van der Waals surface area (Å²) in [5, 5.41) is 21.2. The van der Waals surface area contributed by atoms with Crippen molar-refractivity contribution in [1.29, 1.82) is 10.5 Å². The average Bonchev–Trinajstić information content (AvgIpc) is 3.22. The third-order valence-electron chi connectivity index (χ3n) is 5.79. The number of halogens is 1. The Morgan fingerprint density at radius 1 is 0.774 bits per heavy atom. The molecule has 0 radical (unpaired) electrons. The summed E-state index contributed by atoms with van der Waals surface area (Å²) in [6.45, 7) is 12.2. The van der Waals surface area contributed by atoms with Gasteiger partial charge in [-0.05, 0) is 57.9 Å². The molecular formula is C26H27BrN4. The lowest BCUT2D eigenvalue weighted by Gasteiger charge is -2.05. The Morgan fingerprint density at radius 2 is 1.26 bits per heavy atom. The van der Waals surface area contributed by atoms with Gasteiger partial charge in [0, 0.05) is 51.6 Å². The lowest BCUT2D eigenvalue weighted by atomic mass is 10.1. The minimum absolute atomic E-state index is 0.720. The van der Waals surface area contributed by atoms with Crippen LogP contribution < -0.4 is 0 Å². The maximum Gasteiger partial charge on any atom is 0.102 e. The Morgan fingerprint density at radius 3 is 1.71 bits per heavy atom. The first-order valence-corrected chi connectivity index (χ1v) is 11.6. The van der Waals surface area contributed by atoms with Crippen LogP contribution in [-0.4, -0.2) is 9.13 Å². The van der Waals surface area contributed by atoms with Crippen LogP contribution in [-0.2, 0) is 18.4 Å². The summed E-state index contributed by atoms with van der Waals surface area (Å²) < 4.78 is 4.40. The van der Waals surface area contributed by atoms with E-state index in [2.05, 4.69) is 89.2 Å². The van der Waals surface area contributed by atoms with Crippen molar-refractivity contribution in [2.75, 3.05) is 0 Å². The summed E-state index contributed by atoms with van der Waals surface area (Å²) in [7, 11) is 0. The highest BCUT2D eigenvalue weighted by Crippen LogP contribution is 2.28. The molecule has 158 valence electrons. The molecule has 31 heavy (non-hydrogen) atoms. The summed E-state index contributed by atoms with van der Waals surface area (Å²) in [5.74, 6) is 0. The minimum atomic E-state index is 0.720. The van der Waals surface area contributed by atoms with Gasteiger partial charge in [-0.1, -0.05) is 40.2 Å². The molecule has 4 aromatic rings. The van der Waals surface area contributed by atoms with Crippen molar-refractivity contribution in [3.05, 3.63) is 70.0 Å². The van der Waals surface area contributed by atoms with E-state index in [-0.39, 0.29) is 0 Å². The smallest absolute Gasteiger partial charge is 0.102 e. The number of fused-ring (bicyclic) bond motifs is 2. The van der Waals surface area contributed by atoms with Crippen molar-refractivity contribution in [2.24, 2.45) is 0 Å². The first kappa shape index (κ1) is 22.7. The second-order valence-electron chi connectivity index (χ2n) is 7.67. The second kappa shape index (κ2) is 9.41. The molecule has 0 N–H and O–H groups in total. The summed E-state index contributed by atoms with van der Waals surface area (Å²) >= 11 is 3.47. The highest BCUT2D eigenvalue weighted by atomic mass is 79.9. The molecule has 0 aliphatic carbocycles. The highest BCUT2D eigenvalue weighted by Gasteiger charge is 2.15. The molecule has 0 saturated carbocycles.